The molecule has 3 nitrogen and oxygen atoms in total. The van der Waals surface area contributed by atoms with E-state index in [-0.39, 0.29) is 6.29 Å². The first-order chi connectivity index (χ1) is 7.76. The highest BCUT2D eigenvalue weighted by atomic mass is 35.5. The van der Waals surface area contributed by atoms with Crippen LogP contribution in [0.2, 0.25) is 5.02 Å². The zero-order chi connectivity index (χ0) is 13.2. The molecule has 0 aliphatic heterocycles. The summed E-state index contributed by atoms with van der Waals surface area (Å²) in [7, 11) is 0. The van der Waals surface area contributed by atoms with Gasteiger partial charge in [-0.05, 0) is 0 Å². The number of alkyl halides is 5. The summed E-state index contributed by atoms with van der Waals surface area (Å²) in [4.78, 5) is 13.5. The number of rotatable bonds is 3. The van der Waals surface area contributed by atoms with Crippen molar-refractivity contribution >= 4 is 17.9 Å². The van der Waals surface area contributed by atoms with Crippen molar-refractivity contribution in [1.29, 1.82) is 0 Å². The van der Waals surface area contributed by atoms with E-state index >= 15 is 0 Å². The predicted octanol–water partition coefficient (Wildman–Crippen LogP) is 3.38. The van der Waals surface area contributed by atoms with Crippen molar-refractivity contribution in [3.63, 3.8) is 0 Å². The van der Waals surface area contributed by atoms with Crippen molar-refractivity contribution in [2.45, 2.75) is 12.8 Å². The molecule has 9 heteroatoms. The van der Waals surface area contributed by atoms with Crippen LogP contribution in [-0.2, 0) is 0 Å². The van der Waals surface area contributed by atoms with E-state index in [2.05, 4.69) is 9.72 Å². The van der Waals surface area contributed by atoms with Gasteiger partial charge < -0.3 is 4.74 Å². The number of carbonyl (C=O) groups excluding carboxylic acids is 1. The molecule has 1 aromatic rings. The molecule has 94 valence electrons. The van der Waals surface area contributed by atoms with E-state index in [1.807, 2.05) is 0 Å². The number of halogens is 6. The van der Waals surface area contributed by atoms with Crippen LogP contribution in [0.15, 0.2) is 6.20 Å². The lowest BCUT2D eigenvalue weighted by Crippen LogP contribution is -2.18. The van der Waals surface area contributed by atoms with Gasteiger partial charge in [0.05, 0.1) is 16.8 Å². The molecule has 0 fully saturated rings. The second kappa shape index (κ2) is 4.82. The SMILES string of the molecule is O=Cc1c(C(F)F)ncc(OC(F)(F)F)c1Cl. The fourth-order valence-corrected chi connectivity index (χ4v) is 1.21. The average molecular weight is 276 g/mol. The van der Waals surface area contributed by atoms with Gasteiger partial charge >= 0.3 is 6.36 Å². The summed E-state index contributed by atoms with van der Waals surface area (Å²) in [6.07, 6.45) is -7.92. The van der Waals surface area contributed by atoms with Gasteiger partial charge in [-0.1, -0.05) is 11.6 Å². The van der Waals surface area contributed by atoms with Crippen LogP contribution >= 0.6 is 11.6 Å². The number of pyridine rings is 1. The summed E-state index contributed by atoms with van der Waals surface area (Å²) < 4.78 is 63.7. The lowest BCUT2D eigenvalue weighted by molar-refractivity contribution is -0.274. The molecular formula is C8H3ClF5NO2. The fraction of sp³-hybridized carbons (Fsp3) is 0.250. The maximum atomic E-state index is 12.3. The molecule has 0 aliphatic carbocycles. The molecule has 0 spiro atoms. The summed E-state index contributed by atoms with van der Waals surface area (Å²) in [5, 5.41) is -0.859. The largest absolute Gasteiger partial charge is 0.573 e. The monoisotopic (exact) mass is 275 g/mol. The number of aromatic nitrogens is 1. The Kier molecular flexibility index (Phi) is 3.87. The Bertz CT molecular complexity index is 435. The molecule has 0 aromatic carbocycles. The molecular weight excluding hydrogens is 273 g/mol. The van der Waals surface area contributed by atoms with Crippen molar-refractivity contribution in [2.75, 3.05) is 0 Å². The van der Waals surface area contributed by atoms with Gasteiger partial charge in [0.2, 0.25) is 0 Å². The molecule has 0 atom stereocenters. The van der Waals surface area contributed by atoms with Crippen molar-refractivity contribution in [2.24, 2.45) is 0 Å². The molecule has 1 heterocycles. The van der Waals surface area contributed by atoms with Crippen LogP contribution in [0.4, 0.5) is 22.0 Å². The Hall–Kier alpha value is -1.44. The third-order valence-corrected chi connectivity index (χ3v) is 1.99. The van der Waals surface area contributed by atoms with Crippen LogP contribution in [0, 0.1) is 0 Å². The summed E-state index contributed by atoms with van der Waals surface area (Å²) in [6.45, 7) is 0. The van der Waals surface area contributed by atoms with Gasteiger partial charge in [-0.25, -0.2) is 8.78 Å². The van der Waals surface area contributed by atoms with Crippen LogP contribution in [0.3, 0.4) is 0 Å². The number of ether oxygens (including phenoxy) is 1. The van der Waals surface area contributed by atoms with E-state index < -0.39 is 34.8 Å². The van der Waals surface area contributed by atoms with Gasteiger partial charge in [0.25, 0.3) is 6.43 Å². The van der Waals surface area contributed by atoms with Gasteiger partial charge in [0.15, 0.2) is 12.0 Å². The van der Waals surface area contributed by atoms with Crippen LogP contribution in [0.5, 0.6) is 5.75 Å². The smallest absolute Gasteiger partial charge is 0.403 e. The van der Waals surface area contributed by atoms with Gasteiger partial charge in [-0.3, -0.25) is 9.78 Å². The minimum Gasteiger partial charge on any atom is -0.403 e. The molecule has 0 aliphatic rings. The second-order valence-corrected chi connectivity index (χ2v) is 3.08. The Balaban J connectivity index is 3.25. The first kappa shape index (κ1) is 13.6. The molecule has 0 saturated heterocycles. The number of hydrogen-bond acceptors (Lipinski definition) is 3. The molecule has 0 amide bonds. The Morgan fingerprint density at radius 2 is 2.00 bits per heavy atom. The predicted molar refractivity (Wildman–Crippen MR) is 46.3 cm³/mol. The summed E-state index contributed by atoms with van der Waals surface area (Å²) in [5.74, 6) is -1.01. The van der Waals surface area contributed by atoms with E-state index in [0.717, 1.165) is 0 Å². The third-order valence-electron chi connectivity index (χ3n) is 1.60. The molecule has 0 saturated carbocycles. The van der Waals surface area contributed by atoms with Crippen LogP contribution in [-0.4, -0.2) is 17.6 Å². The van der Waals surface area contributed by atoms with Gasteiger partial charge in [0.1, 0.15) is 5.69 Å². The maximum Gasteiger partial charge on any atom is 0.573 e. The topological polar surface area (TPSA) is 39.2 Å². The fourth-order valence-electron chi connectivity index (χ4n) is 0.981. The molecule has 0 N–H and O–H groups in total. The van der Waals surface area contributed by atoms with Crippen LogP contribution in [0.25, 0.3) is 0 Å². The van der Waals surface area contributed by atoms with Crippen molar-refractivity contribution in [3.05, 3.63) is 22.5 Å². The Morgan fingerprint density at radius 1 is 1.41 bits per heavy atom. The van der Waals surface area contributed by atoms with E-state index in [1.54, 1.807) is 0 Å². The quantitative estimate of drug-likeness (QED) is 0.627. The lowest BCUT2D eigenvalue weighted by atomic mass is 10.2. The Morgan fingerprint density at radius 3 is 2.41 bits per heavy atom. The number of hydrogen-bond donors (Lipinski definition) is 0. The van der Waals surface area contributed by atoms with Gasteiger partial charge in [-0.15, -0.1) is 13.2 Å². The molecule has 1 rings (SSSR count). The first-order valence-electron chi connectivity index (χ1n) is 3.93. The van der Waals surface area contributed by atoms with E-state index in [1.165, 1.54) is 0 Å². The van der Waals surface area contributed by atoms with Crippen molar-refractivity contribution in [1.82, 2.24) is 4.98 Å². The molecule has 0 bridgehead atoms. The van der Waals surface area contributed by atoms with Crippen molar-refractivity contribution in [3.8, 4) is 5.75 Å². The Labute approximate surface area is 96.2 Å². The normalized spacial score (nSPS) is 11.7. The maximum absolute atomic E-state index is 12.3. The molecule has 17 heavy (non-hydrogen) atoms. The summed E-state index contributed by atoms with van der Waals surface area (Å²) in [5.41, 5.74) is -1.83. The first-order valence-corrected chi connectivity index (χ1v) is 4.31. The van der Waals surface area contributed by atoms with Gasteiger partial charge in [0, 0.05) is 0 Å². The second-order valence-electron chi connectivity index (χ2n) is 2.70. The van der Waals surface area contributed by atoms with Crippen LogP contribution < -0.4 is 4.74 Å². The average Bonchev–Trinajstić information content (AvgIpc) is 2.18. The molecule has 1 aromatic heterocycles. The number of nitrogens with zero attached hydrogens (tertiary/aromatic N) is 1. The van der Waals surface area contributed by atoms with Crippen LogP contribution in [0.1, 0.15) is 22.5 Å². The van der Waals surface area contributed by atoms with E-state index in [0.29, 0.717) is 6.20 Å². The zero-order valence-electron chi connectivity index (χ0n) is 7.76. The molecule has 0 radical (unpaired) electrons. The standard InChI is InChI=1S/C8H3ClF5NO2/c9-5-3(2-16)6(7(10)11)15-1-4(5)17-8(12,13)14/h1-2,7H. The van der Waals surface area contributed by atoms with Crippen molar-refractivity contribution < 1.29 is 31.5 Å². The van der Waals surface area contributed by atoms with E-state index in [9.17, 15) is 26.7 Å². The number of aldehydes is 1. The minimum absolute atomic E-state index is 0.111. The summed E-state index contributed by atoms with van der Waals surface area (Å²) >= 11 is 5.33. The zero-order valence-corrected chi connectivity index (χ0v) is 8.52. The number of carbonyl (C=O) groups is 1. The highest BCUT2D eigenvalue weighted by Crippen LogP contribution is 2.34. The molecule has 0 unspecified atom stereocenters. The summed E-state index contributed by atoms with van der Waals surface area (Å²) in [6, 6.07) is 0. The van der Waals surface area contributed by atoms with E-state index in [4.69, 9.17) is 11.6 Å². The van der Waals surface area contributed by atoms with Gasteiger partial charge in [-0.2, -0.15) is 0 Å². The minimum atomic E-state index is -5.06. The third kappa shape index (κ3) is 3.26. The highest BCUT2D eigenvalue weighted by molar-refractivity contribution is 6.34. The lowest BCUT2D eigenvalue weighted by Gasteiger charge is -2.12. The highest BCUT2D eigenvalue weighted by Gasteiger charge is 2.33.